The second-order valence-electron chi connectivity index (χ2n) is 2.21. The van der Waals surface area contributed by atoms with Gasteiger partial charge in [-0.05, 0) is 24.8 Å². The standard InChI is InChI=1S/C5H14O2SSi/c1-7-9(2,6)5-3-4-8/h6,8H,3-5H2,1-2H3. The Labute approximate surface area is 62.9 Å². The molecule has 1 N–H and O–H groups in total. The van der Waals surface area contributed by atoms with Crippen LogP contribution in [-0.2, 0) is 4.43 Å². The average molecular weight is 166 g/mol. The molecule has 0 aromatic carbocycles. The van der Waals surface area contributed by atoms with Gasteiger partial charge in [-0.2, -0.15) is 12.6 Å². The third kappa shape index (κ3) is 4.96. The molecule has 0 aromatic heterocycles. The molecule has 0 spiro atoms. The summed E-state index contributed by atoms with van der Waals surface area (Å²) in [4.78, 5) is 9.34. The first-order valence-corrected chi connectivity index (χ1v) is 6.20. The van der Waals surface area contributed by atoms with Crippen LogP contribution in [0.3, 0.4) is 0 Å². The first kappa shape index (κ1) is 9.49. The van der Waals surface area contributed by atoms with Gasteiger partial charge in [0.15, 0.2) is 0 Å². The van der Waals surface area contributed by atoms with Crippen molar-refractivity contribution in [1.29, 1.82) is 0 Å². The van der Waals surface area contributed by atoms with Crippen molar-refractivity contribution in [2.24, 2.45) is 0 Å². The maximum absolute atomic E-state index is 9.34. The van der Waals surface area contributed by atoms with Crippen molar-refractivity contribution in [3.05, 3.63) is 0 Å². The molecule has 0 amide bonds. The molecule has 2 nitrogen and oxygen atoms in total. The van der Waals surface area contributed by atoms with Gasteiger partial charge >= 0.3 is 8.56 Å². The van der Waals surface area contributed by atoms with E-state index >= 15 is 0 Å². The van der Waals surface area contributed by atoms with E-state index in [9.17, 15) is 4.80 Å². The van der Waals surface area contributed by atoms with E-state index in [1.165, 1.54) is 0 Å². The van der Waals surface area contributed by atoms with Crippen molar-refractivity contribution in [2.45, 2.75) is 19.0 Å². The van der Waals surface area contributed by atoms with Crippen molar-refractivity contribution >= 4 is 21.2 Å². The fourth-order valence-corrected chi connectivity index (χ4v) is 2.00. The average Bonchev–Trinajstić information content (AvgIpc) is 1.84. The molecule has 1 atom stereocenters. The van der Waals surface area contributed by atoms with Crippen molar-refractivity contribution < 1.29 is 9.22 Å². The van der Waals surface area contributed by atoms with E-state index in [4.69, 9.17) is 4.43 Å². The molecule has 0 fully saturated rings. The van der Waals surface area contributed by atoms with Crippen LogP contribution in [0.2, 0.25) is 12.6 Å². The van der Waals surface area contributed by atoms with Crippen LogP contribution in [0.15, 0.2) is 0 Å². The zero-order valence-corrected chi connectivity index (χ0v) is 7.82. The van der Waals surface area contributed by atoms with Crippen molar-refractivity contribution in [1.82, 2.24) is 0 Å². The molecule has 1 unspecified atom stereocenters. The quantitative estimate of drug-likeness (QED) is 0.482. The Morgan fingerprint density at radius 3 is 2.56 bits per heavy atom. The first-order valence-electron chi connectivity index (χ1n) is 3.01. The second kappa shape index (κ2) is 4.33. The van der Waals surface area contributed by atoms with Gasteiger partial charge in [0, 0.05) is 7.11 Å². The predicted molar refractivity (Wildman–Crippen MR) is 44.1 cm³/mol. The highest BCUT2D eigenvalue weighted by Gasteiger charge is 2.23. The van der Waals surface area contributed by atoms with Gasteiger partial charge in [-0.25, -0.2) is 0 Å². The number of rotatable bonds is 4. The van der Waals surface area contributed by atoms with Gasteiger partial charge in [0.1, 0.15) is 0 Å². The van der Waals surface area contributed by atoms with E-state index in [0.717, 1.165) is 18.2 Å². The highest BCUT2D eigenvalue weighted by Crippen LogP contribution is 2.08. The normalized spacial score (nSPS) is 17.3. The van der Waals surface area contributed by atoms with E-state index in [2.05, 4.69) is 12.6 Å². The molecule has 4 heteroatoms. The van der Waals surface area contributed by atoms with Crippen LogP contribution in [0, 0.1) is 0 Å². The summed E-state index contributed by atoms with van der Waals surface area (Å²) in [7, 11) is -0.687. The molecule has 0 heterocycles. The molecular formula is C5H14O2SSi. The van der Waals surface area contributed by atoms with Crippen LogP contribution in [-0.4, -0.2) is 26.2 Å². The summed E-state index contributed by atoms with van der Waals surface area (Å²) >= 11 is 4.03. The van der Waals surface area contributed by atoms with Crippen LogP contribution in [0.1, 0.15) is 6.42 Å². The molecule has 0 rings (SSSR count). The van der Waals surface area contributed by atoms with Gasteiger partial charge in [-0.1, -0.05) is 0 Å². The molecule has 0 aliphatic heterocycles. The fraction of sp³-hybridized carbons (Fsp3) is 1.00. The van der Waals surface area contributed by atoms with E-state index in [-0.39, 0.29) is 0 Å². The largest absolute Gasteiger partial charge is 0.411 e. The Kier molecular flexibility index (Phi) is 4.56. The molecule has 56 valence electrons. The van der Waals surface area contributed by atoms with Crippen molar-refractivity contribution in [3.8, 4) is 0 Å². The predicted octanol–water partition coefficient (Wildman–Crippen LogP) is 1.02. The molecule has 9 heavy (non-hydrogen) atoms. The molecule has 0 aliphatic rings. The summed E-state index contributed by atoms with van der Waals surface area (Å²) in [6, 6.07) is 0.785. The minimum atomic E-state index is -2.25. The lowest BCUT2D eigenvalue weighted by atomic mass is 10.6. The molecule has 0 aromatic rings. The Morgan fingerprint density at radius 1 is 1.67 bits per heavy atom. The lowest BCUT2D eigenvalue weighted by Gasteiger charge is -2.15. The molecule has 0 saturated heterocycles. The number of hydrogen-bond donors (Lipinski definition) is 2. The summed E-state index contributed by atoms with van der Waals surface area (Å²) in [5.41, 5.74) is 0. The molecule has 0 radical (unpaired) electrons. The minimum Gasteiger partial charge on any atom is -0.411 e. The van der Waals surface area contributed by atoms with Crippen LogP contribution in [0.5, 0.6) is 0 Å². The SMILES string of the molecule is CO[Si](C)(O)CCCS. The Hall–Kier alpha value is 0.487. The lowest BCUT2D eigenvalue weighted by molar-refractivity contribution is 0.296. The highest BCUT2D eigenvalue weighted by molar-refractivity contribution is 7.80. The molecule has 0 bridgehead atoms. The molecular weight excluding hydrogens is 152 g/mol. The highest BCUT2D eigenvalue weighted by atomic mass is 32.1. The summed E-state index contributed by atoms with van der Waals surface area (Å²) < 4.78 is 4.90. The van der Waals surface area contributed by atoms with Gasteiger partial charge in [0.05, 0.1) is 0 Å². The summed E-state index contributed by atoms with van der Waals surface area (Å²) in [6.45, 7) is 1.79. The van der Waals surface area contributed by atoms with Crippen LogP contribution in [0.25, 0.3) is 0 Å². The fourth-order valence-electron chi connectivity index (χ4n) is 0.509. The van der Waals surface area contributed by atoms with E-state index in [1.54, 1.807) is 13.7 Å². The van der Waals surface area contributed by atoms with E-state index < -0.39 is 8.56 Å². The monoisotopic (exact) mass is 166 g/mol. The summed E-state index contributed by atoms with van der Waals surface area (Å²) in [5, 5.41) is 0. The first-order chi connectivity index (χ1) is 4.12. The van der Waals surface area contributed by atoms with Crippen LogP contribution >= 0.6 is 12.6 Å². The zero-order valence-electron chi connectivity index (χ0n) is 5.92. The topological polar surface area (TPSA) is 29.5 Å². The Bertz CT molecular complexity index is 77.4. The minimum absolute atomic E-state index is 0.785. The maximum atomic E-state index is 9.34. The van der Waals surface area contributed by atoms with Crippen LogP contribution in [0.4, 0.5) is 0 Å². The Balaban J connectivity index is 3.33. The lowest BCUT2D eigenvalue weighted by Crippen LogP contribution is -2.32. The van der Waals surface area contributed by atoms with Gasteiger partial charge in [-0.15, -0.1) is 0 Å². The molecule has 0 aliphatic carbocycles. The third-order valence-corrected chi connectivity index (χ3v) is 3.72. The zero-order chi connectivity index (χ0) is 7.33. The maximum Gasteiger partial charge on any atom is 0.331 e. The van der Waals surface area contributed by atoms with Gasteiger partial charge < -0.3 is 9.22 Å². The van der Waals surface area contributed by atoms with E-state index in [1.807, 2.05) is 0 Å². The second-order valence-corrected chi connectivity index (χ2v) is 5.91. The van der Waals surface area contributed by atoms with Crippen molar-refractivity contribution in [2.75, 3.05) is 12.9 Å². The van der Waals surface area contributed by atoms with Gasteiger partial charge in [-0.3, -0.25) is 0 Å². The van der Waals surface area contributed by atoms with Crippen molar-refractivity contribution in [3.63, 3.8) is 0 Å². The number of hydrogen-bond acceptors (Lipinski definition) is 3. The number of thiol groups is 1. The third-order valence-electron chi connectivity index (χ3n) is 1.24. The smallest absolute Gasteiger partial charge is 0.331 e. The van der Waals surface area contributed by atoms with Crippen LogP contribution < -0.4 is 0 Å². The molecule has 0 saturated carbocycles. The summed E-state index contributed by atoms with van der Waals surface area (Å²) in [5.74, 6) is 0.826. The Morgan fingerprint density at radius 2 is 2.22 bits per heavy atom. The van der Waals surface area contributed by atoms with E-state index in [0.29, 0.717) is 0 Å². The van der Waals surface area contributed by atoms with Gasteiger partial charge in [0.2, 0.25) is 0 Å². The van der Waals surface area contributed by atoms with Gasteiger partial charge in [0.25, 0.3) is 0 Å². The summed E-state index contributed by atoms with van der Waals surface area (Å²) in [6.07, 6.45) is 0.941.